The van der Waals surface area contributed by atoms with Crippen LogP contribution in [0.3, 0.4) is 0 Å². The van der Waals surface area contributed by atoms with Crippen molar-refractivity contribution in [1.29, 1.82) is 0 Å². The fraction of sp³-hybridized carbons (Fsp3) is 0.429. The summed E-state index contributed by atoms with van der Waals surface area (Å²) in [5.74, 6) is 7.20. The van der Waals surface area contributed by atoms with Crippen LogP contribution in [0.5, 0.6) is 5.75 Å². The van der Waals surface area contributed by atoms with Gasteiger partial charge in [0.05, 0.1) is 0 Å². The Hall–Kier alpha value is -1.42. The minimum absolute atomic E-state index is 0.331. The first-order chi connectivity index (χ1) is 7.06. The Kier molecular flexibility index (Phi) is 3.80. The monoisotopic (exact) mass is 202 g/mol. The number of hydrogen-bond acceptors (Lipinski definition) is 1. The van der Waals surface area contributed by atoms with Crippen LogP contribution < -0.4 is 0 Å². The fourth-order valence-corrected chi connectivity index (χ4v) is 1.79. The first-order valence-electron chi connectivity index (χ1n) is 5.28. The number of aryl methyl sites for hydroxylation is 1. The first-order valence-corrected chi connectivity index (χ1v) is 5.28. The normalized spacial score (nSPS) is 13.9. The van der Waals surface area contributed by atoms with Gasteiger partial charge in [-0.1, -0.05) is 25.8 Å². The molecule has 0 spiro atoms. The lowest BCUT2D eigenvalue weighted by Crippen LogP contribution is -2.05. The number of aromatic hydroxyl groups is 1. The molecule has 0 aliphatic heterocycles. The van der Waals surface area contributed by atoms with Crippen LogP contribution in [0.4, 0.5) is 0 Å². The number of benzene rings is 1. The van der Waals surface area contributed by atoms with Crippen LogP contribution in [0, 0.1) is 24.7 Å². The molecule has 0 fully saturated rings. The minimum atomic E-state index is 0.331. The molecule has 0 aliphatic carbocycles. The average Bonchev–Trinajstić information content (AvgIpc) is 2.17. The van der Waals surface area contributed by atoms with Crippen molar-refractivity contribution in [2.45, 2.75) is 33.6 Å². The largest absolute Gasteiger partial charge is 0.508 e. The van der Waals surface area contributed by atoms with Crippen molar-refractivity contribution in [2.24, 2.45) is 5.92 Å². The van der Waals surface area contributed by atoms with E-state index in [4.69, 9.17) is 0 Å². The number of phenols is 1. The molecule has 2 unspecified atom stereocenters. The van der Waals surface area contributed by atoms with E-state index in [2.05, 4.69) is 25.7 Å². The summed E-state index contributed by atoms with van der Waals surface area (Å²) in [4.78, 5) is 0. The molecule has 0 saturated heterocycles. The lowest BCUT2D eigenvalue weighted by atomic mass is 9.87. The van der Waals surface area contributed by atoms with Crippen molar-refractivity contribution in [3.63, 3.8) is 0 Å². The molecule has 1 aromatic rings. The van der Waals surface area contributed by atoms with E-state index < -0.39 is 0 Å². The van der Waals surface area contributed by atoms with E-state index in [0.29, 0.717) is 17.6 Å². The number of hydrogen-bond donors (Lipinski definition) is 1. The third-order valence-electron chi connectivity index (χ3n) is 2.87. The first kappa shape index (κ1) is 11.7. The van der Waals surface area contributed by atoms with Gasteiger partial charge in [0.2, 0.25) is 0 Å². The Morgan fingerprint density at radius 3 is 2.47 bits per heavy atom. The molecule has 0 saturated carbocycles. The van der Waals surface area contributed by atoms with Crippen LogP contribution in [-0.4, -0.2) is 5.11 Å². The lowest BCUT2D eigenvalue weighted by molar-refractivity contribution is 0.474. The van der Waals surface area contributed by atoms with Gasteiger partial charge in [0.25, 0.3) is 0 Å². The molecule has 0 heterocycles. The molecule has 1 heteroatoms. The molecule has 1 N–H and O–H groups in total. The lowest BCUT2D eigenvalue weighted by Gasteiger charge is -2.17. The predicted octanol–water partition coefficient (Wildman–Crippen LogP) is 3.46. The Morgan fingerprint density at radius 1 is 1.27 bits per heavy atom. The standard InChI is InChI=1S/C14H18O/c1-5-6-10(2)12(4)14-8-7-13(15)9-11(14)3/h7-10,12,15H,1-4H3. The van der Waals surface area contributed by atoms with Gasteiger partial charge >= 0.3 is 0 Å². The van der Waals surface area contributed by atoms with Crippen molar-refractivity contribution in [1.82, 2.24) is 0 Å². The molecule has 15 heavy (non-hydrogen) atoms. The van der Waals surface area contributed by atoms with Gasteiger partial charge in [-0.3, -0.25) is 0 Å². The zero-order valence-corrected chi connectivity index (χ0v) is 9.83. The Labute approximate surface area is 92.1 Å². The summed E-state index contributed by atoms with van der Waals surface area (Å²) in [6.07, 6.45) is 0. The van der Waals surface area contributed by atoms with Crippen molar-refractivity contribution in [3.8, 4) is 17.6 Å². The van der Waals surface area contributed by atoms with Gasteiger partial charge in [0, 0.05) is 5.92 Å². The highest BCUT2D eigenvalue weighted by molar-refractivity contribution is 5.36. The van der Waals surface area contributed by atoms with Crippen molar-refractivity contribution < 1.29 is 5.11 Å². The summed E-state index contributed by atoms with van der Waals surface area (Å²) in [5.41, 5.74) is 2.40. The van der Waals surface area contributed by atoms with E-state index in [1.807, 2.05) is 19.9 Å². The van der Waals surface area contributed by atoms with E-state index in [0.717, 1.165) is 5.56 Å². The summed E-state index contributed by atoms with van der Waals surface area (Å²) in [6.45, 7) is 8.20. The van der Waals surface area contributed by atoms with E-state index in [1.54, 1.807) is 12.1 Å². The molecule has 0 aromatic heterocycles. The van der Waals surface area contributed by atoms with E-state index in [-0.39, 0.29) is 0 Å². The summed E-state index contributed by atoms with van der Waals surface area (Å²) >= 11 is 0. The minimum Gasteiger partial charge on any atom is -0.508 e. The highest BCUT2D eigenvalue weighted by Crippen LogP contribution is 2.28. The summed E-state index contributed by atoms with van der Waals surface area (Å²) in [6, 6.07) is 5.53. The summed E-state index contributed by atoms with van der Waals surface area (Å²) in [7, 11) is 0. The Bertz CT molecular complexity index is 396. The second kappa shape index (κ2) is 4.89. The van der Waals surface area contributed by atoms with E-state index >= 15 is 0 Å². The van der Waals surface area contributed by atoms with Crippen LogP contribution in [0.25, 0.3) is 0 Å². The van der Waals surface area contributed by atoms with Gasteiger partial charge in [-0.15, -0.1) is 5.92 Å². The van der Waals surface area contributed by atoms with Gasteiger partial charge in [0.15, 0.2) is 0 Å². The van der Waals surface area contributed by atoms with Crippen LogP contribution >= 0.6 is 0 Å². The maximum atomic E-state index is 9.33. The Morgan fingerprint density at radius 2 is 1.93 bits per heavy atom. The fourth-order valence-electron chi connectivity index (χ4n) is 1.79. The molecule has 1 rings (SSSR count). The molecule has 2 atom stereocenters. The molecule has 1 aromatic carbocycles. The van der Waals surface area contributed by atoms with Crippen LogP contribution in [-0.2, 0) is 0 Å². The second-order valence-corrected chi connectivity index (χ2v) is 4.01. The van der Waals surface area contributed by atoms with E-state index in [1.165, 1.54) is 5.56 Å². The third kappa shape index (κ3) is 2.76. The molecule has 80 valence electrons. The molecular weight excluding hydrogens is 184 g/mol. The topological polar surface area (TPSA) is 20.2 Å². The zero-order chi connectivity index (χ0) is 11.4. The maximum absolute atomic E-state index is 9.33. The molecule has 0 aliphatic rings. The molecule has 0 bridgehead atoms. The van der Waals surface area contributed by atoms with Crippen LogP contribution in [0.2, 0.25) is 0 Å². The van der Waals surface area contributed by atoms with Gasteiger partial charge in [-0.25, -0.2) is 0 Å². The van der Waals surface area contributed by atoms with Crippen molar-refractivity contribution in [3.05, 3.63) is 29.3 Å². The summed E-state index contributed by atoms with van der Waals surface area (Å²) < 4.78 is 0. The maximum Gasteiger partial charge on any atom is 0.115 e. The SMILES string of the molecule is CC#CC(C)C(C)c1ccc(O)cc1C. The third-order valence-corrected chi connectivity index (χ3v) is 2.87. The van der Waals surface area contributed by atoms with E-state index in [9.17, 15) is 5.11 Å². The van der Waals surface area contributed by atoms with Gasteiger partial charge in [-0.05, 0) is 43.0 Å². The molecule has 0 amide bonds. The van der Waals surface area contributed by atoms with Crippen LogP contribution in [0.15, 0.2) is 18.2 Å². The van der Waals surface area contributed by atoms with Crippen LogP contribution in [0.1, 0.15) is 37.8 Å². The predicted molar refractivity (Wildman–Crippen MR) is 63.9 cm³/mol. The Balaban J connectivity index is 2.99. The van der Waals surface area contributed by atoms with Crippen molar-refractivity contribution in [2.75, 3.05) is 0 Å². The summed E-state index contributed by atoms with van der Waals surface area (Å²) in [5, 5.41) is 9.33. The number of phenolic OH excluding ortho intramolecular Hbond substituents is 1. The van der Waals surface area contributed by atoms with Crippen molar-refractivity contribution >= 4 is 0 Å². The highest BCUT2D eigenvalue weighted by Gasteiger charge is 2.14. The average molecular weight is 202 g/mol. The molecular formula is C14H18O. The second-order valence-electron chi connectivity index (χ2n) is 4.01. The quantitative estimate of drug-likeness (QED) is 0.728. The smallest absolute Gasteiger partial charge is 0.115 e. The molecule has 1 nitrogen and oxygen atoms in total. The highest BCUT2D eigenvalue weighted by atomic mass is 16.3. The van der Waals surface area contributed by atoms with Gasteiger partial charge in [0.1, 0.15) is 5.75 Å². The van der Waals surface area contributed by atoms with Gasteiger partial charge in [-0.2, -0.15) is 0 Å². The number of rotatable bonds is 2. The van der Waals surface area contributed by atoms with Gasteiger partial charge < -0.3 is 5.11 Å². The zero-order valence-electron chi connectivity index (χ0n) is 9.83. The molecule has 0 radical (unpaired) electrons.